The van der Waals surface area contributed by atoms with E-state index in [4.69, 9.17) is 14.7 Å². The number of nitriles is 1. The Morgan fingerprint density at radius 2 is 2.04 bits per heavy atom. The third-order valence-corrected chi connectivity index (χ3v) is 5.21. The maximum Gasteiger partial charge on any atom is 0.274 e. The molecule has 2 aliphatic heterocycles. The fourth-order valence-electron chi connectivity index (χ4n) is 3.82. The van der Waals surface area contributed by atoms with Crippen LogP contribution in [0, 0.1) is 11.3 Å². The van der Waals surface area contributed by atoms with Crippen molar-refractivity contribution in [2.24, 2.45) is 0 Å². The highest BCUT2D eigenvalue weighted by Gasteiger charge is 2.24. The fourth-order valence-corrected chi connectivity index (χ4v) is 3.82. The molecule has 0 fully saturated rings. The molecule has 0 saturated heterocycles. The van der Waals surface area contributed by atoms with Gasteiger partial charge in [-0.05, 0) is 36.2 Å². The zero-order chi connectivity index (χ0) is 19.1. The smallest absolute Gasteiger partial charge is 0.274 e. The van der Waals surface area contributed by atoms with Crippen LogP contribution >= 0.6 is 0 Å². The van der Waals surface area contributed by atoms with Crippen molar-refractivity contribution in [1.82, 2.24) is 14.7 Å². The Morgan fingerprint density at radius 3 is 2.93 bits per heavy atom. The minimum Gasteiger partial charge on any atom is -0.454 e. The second-order valence-electron chi connectivity index (χ2n) is 7.02. The van der Waals surface area contributed by atoms with Crippen molar-refractivity contribution in [3.8, 4) is 23.3 Å². The van der Waals surface area contributed by atoms with E-state index in [1.807, 2.05) is 36.4 Å². The number of nitrogens with one attached hydrogen (secondary N) is 1. The van der Waals surface area contributed by atoms with Crippen LogP contribution in [-0.4, -0.2) is 28.0 Å². The quantitative estimate of drug-likeness (QED) is 0.761. The topological polar surface area (TPSA) is 83.3 Å². The van der Waals surface area contributed by atoms with Crippen molar-refractivity contribution >= 4 is 0 Å². The summed E-state index contributed by atoms with van der Waals surface area (Å²) in [5.74, 6) is 1.34. The summed E-state index contributed by atoms with van der Waals surface area (Å²) in [6, 6.07) is 15.3. The summed E-state index contributed by atoms with van der Waals surface area (Å²) < 4.78 is 12.3. The standard InChI is InChI=1S/C21H18N4O3/c22-10-14-2-1-3-15(8-14)11-24-7-6-17-18(12-24)23-25(21(17)26)16-4-5-19-20(9-16)28-13-27-19/h1-5,8-9,23H,6-7,11-13H2. The molecule has 3 heterocycles. The average molecular weight is 374 g/mol. The van der Waals surface area contributed by atoms with Crippen LogP contribution in [0.25, 0.3) is 5.69 Å². The Kier molecular flexibility index (Phi) is 3.92. The molecule has 0 spiro atoms. The van der Waals surface area contributed by atoms with Gasteiger partial charge in [0, 0.05) is 31.3 Å². The Hall–Kier alpha value is -3.50. The van der Waals surface area contributed by atoms with E-state index < -0.39 is 0 Å². The highest BCUT2D eigenvalue weighted by molar-refractivity contribution is 5.50. The predicted molar refractivity (Wildman–Crippen MR) is 101 cm³/mol. The Labute approximate surface area is 161 Å². The van der Waals surface area contributed by atoms with Gasteiger partial charge in [-0.15, -0.1) is 0 Å². The Balaban J connectivity index is 1.40. The second kappa shape index (κ2) is 6.59. The first-order valence-corrected chi connectivity index (χ1v) is 9.15. The van der Waals surface area contributed by atoms with E-state index in [1.54, 1.807) is 10.7 Å². The molecule has 0 bridgehead atoms. The van der Waals surface area contributed by atoms with Crippen LogP contribution in [-0.2, 0) is 19.5 Å². The van der Waals surface area contributed by atoms with Gasteiger partial charge in [-0.1, -0.05) is 12.1 Å². The Morgan fingerprint density at radius 1 is 1.14 bits per heavy atom. The molecular weight excluding hydrogens is 356 g/mol. The first kappa shape index (κ1) is 16.7. The van der Waals surface area contributed by atoms with Crippen molar-refractivity contribution in [1.29, 1.82) is 5.26 Å². The van der Waals surface area contributed by atoms with Gasteiger partial charge in [0.1, 0.15) is 0 Å². The van der Waals surface area contributed by atoms with Crippen molar-refractivity contribution in [2.75, 3.05) is 13.3 Å². The second-order valence-corrected chi connectivity index (χ2v) is 7.02. The SMILES string of the molecule is N#Cc1cccc(CN2CCc3c([nH]n(-c4ccc5c(c4)OCO5)c3=O)C2)c1. The summed E-state index contributed by atoms with van der Waals surface area (Å²) in [7, 11) is 0. The zero-order valence-corrected chi connectivity index (χ0v) is 15.1. The number of rotatable bonds is 3. The van der Waals surface area contributed by atoms with Crippen LogP contribution < -0.4 is 15.0 Å². The van der Waals surface area contributed by atoms with Crippen LogP contribution in [0.2, 0.25) is 0 Å². The third-order valence-electron chi connectivity index (χ3n) is 5.21. The number of nitrogens with zero attached hydrogens (tertiary/aromatic N) is 3. The predicted octanol–water partition coefficient (Wildman–Crippen LogP) is 2.32. The average Bonchev–Trinajstić information content (AvgIpc) is 3.32. The van der Waals surface area contributed by atoms with Crippen molar-refractivity contribution in [3.63, 3.8) is 0 Å². The van der Waals surface area contributed by atoms with E-state index in [1.165, 1.54) is 0 Å². The molecule has 7 nitrogen and oxygen atoms in total. The highest BCUT2D eigenvalue weighted by atomic mass is 16.7. The zero-order valence-electron chi connectivity index (χ0n) is 15.1. The molecule has 0 aliphatic carbocycles. The molecular formula is C21H18N4O3. The summed E-state index contributed by atoms with van der Waals surface area (Å²) in [6.07, 6.45) is 0.695. The lowest BCUT2D eigenvalue weighted by Gasteiger charge is -2.25. The van der Waals surface area contributed by atoms with Crippen LogP contribution in [0.3, 0.4) is 0 Å². The first-order valence-electron chi connectivity index (χ1n) is 9.15. The number of benzene rings is 2. The van der Waals surface area contributed by atoms with Crippen molar-refractivity contribution in [2.45, 2.75) is 19.5 Å². The van der Waals surface area contributed by atoms with Crippen molar-refractivity contribution < 1.29 is 9.47 Å². The monoisotopic (exact) mass is 374 g/mol. The van der Waals surface area contributed by atoms with Gasteiger partial charge in [0.15, 0.2) is 11.5 Å². The summed E-state index contributed by atoms with van der Waals surface area (Å²) in [4.78, 5) is 15.1. The van der Waals surface area contributed by atoms with Gasteiger partial charge in [0.25, 0.3) is 5.56 Å². The molecule has 3 aromatic rings. The Bertz CT molecular complexity index is 1160. The van der Waals surface area contributed by atoms with Gasteiger partial charge in [0.2, 0.25) is 6.79 Å². The molecule has 28 heavy (non-hydrogen) atoms. The maximum atomic E-state index is 12.9. The molecule has 0 amide bonds. The number of ether oxygens (including phenoxy) is 2. The van der Waals surface area contributed by atoms with E-state index in [9.17, 15) is 4.79 Å². The number of aromatic nitrogens is 2. The van der Waals surface area contributed by atoms with E-state index in [2.05, 4.69) is 16.1 Å². The minimum atomic E-state index is -0.0139. The van der Waals surface area contributed by atoms with Gasteiger partial charge < -0.3 is 9.47 Å². The van der Waals surface area contributed by atoms with Crippen LogP contribution in [0.1, 0.15) is 22.4 Å². The fraction of sp³-hybridized carbons (Fsp3) is 0.238. The maximum absolute atomic E-state index is 12.9. The van der Waals surface area contributed by atoms with Crippen LogP contribution in [0.15, 0.2) is 47.3 Å². The molecule has 7 heteroatoms. The molecule has 1 aromatic heterocycles. The number of hydrogen-bond donors (Lipinski definition) is 1. The number of fused-ring (bicyclic) bond motifs is 2. The van der Waals surface area contributed by atoms with Crippen LogP contribution in [0.4, 0.5) is 0 Å². The van der Waals surface area contributed by atoms with Gasteiger partial charge >= 0.3 is 0 Å². The molecule has 2 aliphatic rings. The van der Waals surface area contributed by atoms with Gasteiger partial charge in [-0.2, -0.15) is 5.26 Å². The minimum absolute atomic E-state index is 0.0139. The first-order chi connectivity index (χ1) is 13.7. The molecule has 140 valence electrons. The molecule has 0 radical (unpaired) electrons. The summed E-state index contributed by atoms with van der Waals surface area (Å²) in [5, 5.41) is 12.3. The van der Waals surface area contributed by atoms with Gasteiger partial charge in [0.05, 0.1) is 23.0 Å². The number of H-pyrrole nitrogens is 1. The summed E-state index contributed by atoms with van der Waals surface area (Å²) >= 11 is 0. The lowest BCUT2D eigenvalue weighted by molar-refractivity contribution is 0.174. The van der Waals surface area contributed by atoms with Crippen molar-refractivity contribution in [3.05, 3.63) is 75.2 Å². The van der Waals surface area contributed by atoms with E-state index >= 15 is 0 Å². The molecule has 2 aromatic carbocycles. The summed E-state index contributed by atoms with van der Waals surface area (Å²) in [5.41, 5.74) is 4.25. The lowest BCUT2D eigenvalue weighted by Crippen LogP contribution is -2.31. The third kappa shape index (κ3) is 2.84. The van der Waals surface area contributed by atoms with E-state index in [0.717, 1.165) is 35.6 Å². The largest absolute Gasteiger partial charge is 0.454 e. The highest BCUT2D eigenvalue weighted by Crippen LogP contribution is 2.33. The number of aromatic amines is 1. The number of hydrogen-bond acceptors (Lipinski definition) is 5. The molecule has 0 unspecified atom stereocenters. The molecule has 0 saturated carbocycles. The van der Waals surface area contributed by atoms with E-state index in [-0.39, 0.29) is 12.4 Å². The lowest BCUT2D eigenvalue weighted by atomic mass is 10.1. The molecule has 5 rings (SSSR count). The van der Waals surface area contributed by atoms with E-state index in [0.29, 0.717) is 30.0 Å². The normalized spacial score (nSPS) is 15.2. The van der Waals surface area contributed by atoms with Gasteiger partial charge in [-0.25, -0.2) is 4.68 Å². The molecule has 1 N–H and O–H groups in total. The van der Waals surface area contributed by atoms with Crippen LogP contribution in [0.5, 0.6) is 11.5 Å². The summed E-state index contributed by atoms with van der Waals surface area (Å²) in [6.45, 7) is 2.42. The molecule has 0 atom stereocenters. The van der Waals surface area contributed by atoms with Gasteiger partial charge in [-0.3, -0.25) is 14.8 Å².